The van der Waals surface area contributed by atoms with Gasteiger partial charge in [0.1, 0.15) is 10.7 Å². The minimum Gasteiger partial charge on any atom is -0.468 e. The molecule has 0 N–H and O–H groups in total. The van der Waals surface area contributed by atoms with Crippen LogP contribution in [0.15, 0.2) is 0 Å². The van der Waals surface area contributed by atoms with Crippen molar-refractivity contribution in [3.63, 3.8) is 0 Å². The molecule has 0 saturated heterocycles. The molecule has 0 bridgehead atoms. The second-order valence-corrected chi connectivity index (χ2v) is 3.32. The molecule has 0 aromatic carbocycles. The lowest BCUT2D eigenvalue weighted by atomic mass is 10.1. The number of methoxy groups -OCH3 is 1. The molecule has 0 aromatic heterocycles. The minimum absolute atomic E-state index is 0.132. The van der Waals surface area contributed by atoms with Gasteiger partial charge >= 0.3 is 5.97 Å². The molecule has 0 aliphatic carbocycles. The van der Waals surface area contributed by atoms with Gasteiger partial charge in [-0.3, -0.25) is 4.79 Å². The molecular weight excluding hydrogens is 162 g/mol. The largest absolute Gasteiger partial charge is 0.468 e. The second-order valence-electron chi connectivity index (χ2n) is 2.40. The van der Waals surface area contributed by atoms with Crippen LogP contribution in [-0.4, -0.2) is 18.3 Å². The molecule has 0 fully saturated rings. The van der Waals surface area contributed by atoms with Crippen molar-refractivity contribution >= 4 is 17.7 Å². The lowest BCUT2D eigenvalue weighted by Crippen LogP contribution is -2.23. The van der Waals surface area contributed by atoms with E-state index in [-0.39, 0.29) is 17.1 Å². The first-order valence-electron chi connectivity index (χ1n) is 3.26. The standard InChI is InChI=1S/C7H11NO2S/c1-5(2)6(11-4-8)7(9)10-3/h5-6H,1-3H3/t6-/m1/s1. The molecule has 0 rings (SSSR count). The van der Waals surface area contributed by atoms with Gasteiger partial charge in [-0.2, -0.15) is 5.26 Å². The average Bonchev–Trinajstić information content (AvgIpc) is 1.98. The number of rotatable bonds is 3. The number of nitrogens with zero attached hydrogens (tertiary/aromatic N) is 1. The van der Waals surface area contributed by atoms with Crippen molar-refractivity contribution < 1.29 is 9.53 Å². The first-order chi connectivity index (χ1) is 5.13. The molecule has 4 heteroatoms. The maximum absolute atomic E-state index is 10.9. The van der Waals surface area contributed by atoms with Gasteiger partial charge in [-0.1, -0.05) is 13.8 Å². The van der Waals surface area contributed by atoms with Gasteiger partial charge in [0, 0.05) is 0 Å². The molecule has 0 aliphatic heterocycles. The Kier molecular flexibility index (Phi) is 4.71. The number of esters is 1. The first kappa shape index (κ1) is 10.3. The van der Waals surface area contributed by atoms with Crippen LogP contribution >= 0.6 is 11.8 Å². The smallest absolute Gasteiger partial charge is 0.320 e. The SMILES string of the molecule is COC(=O)[C@H](SC#N)C(C)C. The highest BCUT2D eigenvalue weighted by Gasteiger charge is 2.23. The van der Waals surface area contributed by atoms with Gasteiger partial charge in [0.25, 0.3) is 0 Å². The summed E-state index contributed by atoms with van der Waals surface area (Å²) in [5, 5.41) is 9.86. The second kappa shape index (κ2) is 5.03. The molecule has 0 aliphatic rings. The van der Waals surface area contributed by atoms with E-state index in [0.717, 1.165) is 11.8 Å². The highest BCUT2D eigenvalue weighted by atomic mass is 32.2. The van der Waals surface area contributed by atoms with Gasteiger partial charge < -0.3 is 4.74 Å². The highest BCUT2D eigenvalue weighted by Crippen LogP contribution is 2.19. The Hall–Kier alpha value is -0.690. The van der Waals surface area contributed by atoms with Crippen LogP contribution in [-0.2, 0) is 9.53 Å². The number of thioether (sulfide) groups is 1. The summed E-state index contributed by atoms with van der Waals surface area (Å²) in [6.45, 7) is 3.76. The van der Waals surface area contributed by atoms with Crippen molar-refractivity contribution in [2.45, 2.75) is 19.1 Å². The van der Waals surface area contributed by atoms with E-state index in [1.165, 1.54) is 7.11 Å². The van der Waals surface area contributed by atoms with Gasteiger partial charge in [-0.25, -0.2) is 0 Å². The Morgan fingerprint density at radius 2 is 2.18 bits per heavy atom. The van der Waals surface area contributed by atoms with Crippen LogP contribution in [0.5, 0.6) is 0 Å². The number of hydrogen-bond donors (Lipinski definition) is 0. The molecule has 11 heavy (non-hydrogen) atoms. The summed E-state index contributed by atoms with van der Waals surface area (Å²) in [7, 11) is 1.33. The predicted octanol–water partition coefficient (Wildman–Crippen LogP) is 1.40. The first-order valence-corrected chi connectivity index (χ1v) is 4.14. The van der Waals surface area contributed by atoms with Crippen LogP contribution in [0.25, 0.3) is 0 Å². The molecule has 62 valence electrons. The third kappa shape index (κ3) is 3.28. The van der Waals surface area contributed by atoms with E-state index in [9.17, 15) is 4.79 Å². The highest BCUT2D eigenvalue weighted by molar-refractivity contribution is 8.04. The summed E-state index contributed by atoms with van der Waals surface area (Å²) >= 11 is 0.948. The lowest BCUT2D eigenvalue weighted by Gasteiger charge is -2.12. The van der Waals surface area contributed by atoms with Crippen LogP contribution in [0.1, 0.15) is 13.8 Å². The Balaban J connectivity index is 4.12. The summed E-state index contributed by atoms with van der Waals surface area (Å²) in [5.74, 6) is -0.196. The normalized spacial score (nSPS) is 12.3. The number of hydrogen-bond acceptors (Lipinski definition) is 4. The monoisotopic (exact) mass is 173 g/mol. The molecule has 0 spiro atoms. The van der Waals surface area contributed by atoms with Crippen molar-refractivity contribution in [1.29, 1.82) is 5.26 Å². The topological polar surface area (TPSA) is 50.1 Å². The van der Waals surface area contributed by atoms with E-state index in [1.807, 2.05) is 19.2 Å². The van der Waals surface area contributed by atoms with Crippen molar-refractivity contribution in [2.75, 3.05) is 7.11 Å². The Morgan fingerprint density at radius 1 is 1.64 bits per heavy atom. The molecular formula is C7H11NO2S. The predicted molar refractivity (Wildman–Crippen MR) is 43.8 cm³/mol. The Labute approximate surface area is 70.7 Å². The molecule has 0 amide bonds. The van der Waals surface area contributed by atoms with Gasteiger partial charge in [-0.15, -0.1) is 0 Å². The lowest BCUT2D eigenvalue weighted by molar-refractivity contribution is -0.140. The maximum Gasteiger partial charge on any atom is 0.320 e. The summed E-state index contributed by atoms with van der Waals surface area (Å²) < 4.78 is 4.52. The molecule has 0 aromatic rings. The zero-order valence-corrected chi connectivity index (χ0v) is 7.64. The van der Waals surface area contributed by atoms with Gasteiger partial charge in [0.2, 0.25) is 0 Å². The zero-order valence-electron chi connectivity index (χ0n) is 6.83. The molecule has 1 atom stereocenters. The van der Waals surface area contributed by atoms with Crippen LogP contribution in [0.3, 0.4) is 0 Å². The van der Waals surface area contributed by atoms with E-state index < -0.39 is 0 Å². The number of ether oxygens (including phenoxy) is 1. The molecule has 0 saturated carbocycles. The fraction of sp³-hybridized carbons (Fsp3) is 0.714. The number of carbonyl (C=O) groups excluding carboxylic acids is 1. The van der Waals surface area contributed by atoms with Crippen LogP contribution in [0.2, 0.25) is 0 Å². The van der Waals surface area contributed by atoms with Gasteiger partial charge in [-0.05, 0) is 17.7 Å². The van der Waals surface area contributed by atoms with E-state index in [2.05, 4.69) is 4.74 Å². The summed E-state index contributed by atoms with van der Waals surface area (Å²) in [4.78, 5) is 10.9. The number of thiocyanates is 1. The molecule has 0 unspecified atom stereocenters. The number of nitriles is 1. The summed E-state index contributed by atoms with van der Waals surface area (Å²) in [6, 6.07) is 0. The Morgan fingerprint density at radius 3 is 2.45 bits per heavy atom. The van der Waals surface area contributed by atoms with Gasteiger partial charge in [0.05, 0.1) is 7.11 Å². The Bertz CT molecular complexity index is 174. The molecule has 0 radical (unpaired) electrons. The maximum atomic E-state index is 10.9. The van der Waals surface area contributed by atoms with Crippen molar-refractivity contribution in [3.05, 3.63) is 0 Å². The van der Waals surface area contributed by atoms with Crippen molar-refractivity contribution in [2.24, 2.45) is 5.92 Å². The van der Waals surface area contributed by atoms with Crippen LogP contribution in [0, 0.1) is 16.6 Å². The minimum atomic E-state index is -0.356. The average molecular weight is 173 g/mol. The third-order valence-corrected chi connectivity index (χ3v) is 2.31. The van der Waals surface area contributed by atoms with Crippen LogP contribution < -0.4 is 0 Å². The van der Waals surface area contributed by atoms with E-state index >= 15 is 0 Å². The van der Waals surface area contributed by atoms with Crippen LogP contribution in [0.4, 0.5) is 0 Å². The third-order valence-electron chi connectivity index (χ3n) is 1.22. The van der Waals surface area contributed by atoms with E-state index in [4.69, 9.17) is 5.26 Å². The quantitative estimate of drug-likeness (QED) is 0.478. The fourth-order valence-corrected chi connectivity index (χ4v) is 1.21. The van der Waals surface area contributed by atoms with E-state index in [0.29, 0.717) is 0 Å². The summed E-state index contributed by atoms with van der Waals surface area (Å²) in [5.41, 5.74) is 0. The van der Waals surface area contributed by atoms with Crippen molar-refractivity contribution in [3.8, 4) is 5.40 Å². The number of carbonyl (C=O) groups is 1. The zero-order chi connectivity index (χ0) is 8.85. The van der Waals surface area contributed by atoms with Crippen molar-refractivity contribution in [1.82, 2.24) is 0 Å². The fourth-order valence-electron chi connectivity index (χ4n) is 0.629. The van der Waals surface area contributed by atoms with E-state index in [1.54, 1.807) is 0 Å². The molecule has 3 nitrogen and oxygen atoms in total. The summed E-state index contributed by atoms with van der Waals surface area (Å²) in [6.07, 6.45) is 0. The molecule has 0 heterocycles. The van der Waals surface area contributed by atoms with Gasteiger partial charge in [0.15, 0.2) is 0 Å².